The van der Waals surface area contributed by atoms with Gasteiger partial charge < -0.3 is 4.66 Å². The molecule has 0 radical (unpaired) electrons. The molecule has 0 unspecified atom stereocenters. The lowest BCUT2D eigenvalue weighted by Gasteiger charge is -2.32. The number of hydrogen-bond donors (Lipinski definition) is 0. The van der Waals surface area contributed by atoms with Crippen molar-refractivity contribution in [2.75, 3.05) is 0 Å². The highest BCUT2D eigenvalue weighted by molar-refractivity contribution is 6.79. The van der Waals surface area contributed by atoms with Crippen LogP contribution in [0.3, 0.4) is 0 Å². The second kappa shape index (κ2) is 4.31. The number of rotatable bonds is 2. The molecule has 1 aromatic carbocycles. The van der Waals surface area contributed by atoms with E-state index in [-0.39, 0.29) is 0 Å². The van der Waals surface area contributed by atoms with Crippen LogP contribution in [0.5, 0.6) is 0 Å². The predicted octanol–water partition coefficient (Wildman–Crippen LogP) is 4.11. The maximum Gasteiger partial charge on any atom is 0.180 e. The van der Waals surface area contributed by atoms with Crippen LogP contribution in [0, 0.1) is 0 Å². The summed E-state index contributed by atoms with van der Waals surface area (Å²) in [6, 6.07) is 10.3. The van der Waals surface area contributed by atoms with E-state index >= 15 is 0 Å². The van der Waals surface area contributed by atoms with E-state index in [9.17, 15) is 0 Å². The van der Waals surface area contributed by atoms with Gasteiger partial charge >= 0.3 is 0 Å². The van der Waals surface area contributed by atoms with Crippen LogP contribution in [0.25, 0.3) is 0 Å². The van der Waals surface area contributed by atoms with Gasteiger partial charge in [-0.2, -0.15) is 0 Å². The minimum atomic E-state index is -1.52. The normalized spacial score (nSPS) is 13.4. The topological polar surface area (TPSA) is 12.4 Å². The van der Waals surface area contributed by atoms with E-state index in [1.54, 1.807) is 0 Å². The fraction of sp³-hybridized carbons (Fsp3) is 0.462. The fourth-order valence-electron chi connectivity index (χ4n) is 0.969. The molecule has 0 spiro atoms. The van der Waals surface area contributed by atoms with Crippen molar-refractivity contribution in [2.24, 2.45) is 4.66 Å². The molecule has 0 saturated carbocycles. The van der Waals surface area contributed by atoms with Crippen LogP contribution in [-0.2, 0) is 0 Å². The van der Waals surface area contributed by atoms with Gasteiger partial charge in [-0.05, 0) is 23.7 Å². The molecule has 0 heterocycles. The Hall–Kier alpha value is -0.893. The van der Waals surface area contributed by atoms with E-state index in [4.69, 9.17) is 4.66 Å². The van der Waals surface area contributed by atoms with Crippen LogP contribution >= 0.6 is 0 Å². The molecule has 0 aliphatic carbocycles. The van der Waals surface area contributed by atoms with Gasteiger partial charge in [0.15, 0.2) is 8.24 Å². The maximum absolute atomic E-state index is 4.81. The van der Waals surface area contributed by atoms with Crippen molar-refractivity contribution in [2.45, 2.75) is 38.9 Å². The van der Waals surface area contributed by atoms with Crippen LogP contribution in [0.1, 0.15) is 26.3 Å². The molecule has 2 heteroatoms. The molecule has 0 atom stereocenters. The third-order valence-corrected chi connectivity index (χ3v) is 7.62. The van der Waals surface area contributed by atoms with E-state index in [1.165, 1.54) is 5.56 Å². The number of benzene rings is 1. The Morgan fingerprint density at radius 2 is 1.60 bits per heavy atom. The van der Waals surface area contributed by atoms with E-state index in [2.05, 4.69) is 46.0 Å². The smallest absolute Gasteiger partial charge is 0.180 e. The summed E-state index contributed by atoms with van der Waals surface area (Å²) in [4.78, 5) is 0. The van der Waals surface area contributed by atoms with Crippen LogP contribution < -0.4 is 0 Å². The monoisotopic (exact) mass is 219 g/mol. The molecular weight excluding hydrogens is 198 g/mol. The first-order chi connectivity index (χ1) is 6.83. The summed E-state index contributed by atoms with van der Waals surface area (Å²) in [5, 5.41) is 0.318. The Balaban J connectivity index is 2.83. The minimum Gasteiger partial charge on any atom is -0.328 e. The average Bonchev–Trinajstić information content (AvgIpc) is 2.15. The summed E-state index contributed by atoms with van der Waals surface area (Å²) in [5.41, 5.74) is 1.20. The fourth-order valence-corrected chi connectivity index (χ4v) is 1.83. The first-order valence-corrected chi connectivity index (χ1v) is 8.38. The summed E-state index contributed by atoms with van der Waals surface area (Å²) in [7, 11) is -1.52. The van der Waals surface area contributed by atoms with Crippen LogP contribution in [0.15, 0.2) is 35.0 Å². The molecule has 0 saturated heterocycles. The average molecular weight is 219 g/mol. The van der Waals surface area contributed by atoms with Crippen molar-refractivity contribution in [3.63, 3.8) is 0 Å². The van der Waals surface area contributed by atoms with E-state index in [0.29, 0.717) is 5.04 Å². The standard InChI is InChI=1S/C13H21NSi/c1-13(2,3)15(4,5)14-11-12-9-7-6-8-10-12/h6-11H,1-5H3/b14-11+. The van der Waals surface area contributed by atoms with Crippen LogP contribution in [-0.4, -0.2) is 14.5 Å². The van der Waals surface area contributed by atoms with Crippen molar-refractivity contribution in [1.29, 1.82) is 0 Å². The first kappa shape index (κ1) is 12.2. The summed E-state index contributed by atoms with van der Waals surface area (Å²) in [6.45, 7) is 11.5. The Morgan fingerprint density at radius 3 is 2.07 bits per heavy atom. The second-order valence-corrected chi connectivity index (χ2v) is 10.4. The molecule has 82 valence electrons. The van der Waals surface area contributed by atoms with Crippen molar-refractivity contribution < 1.29 is 0 Å². The molecule has 0 aliphatic heterocycles. The highest BCUT2D eigenvalue weighted by Crippen LogP contribution is 2.36. The lowest BCUT2D eigenvalue weighted by atomic mass is 10.2. The van der Waals surface area contributed by atoms with Gasteiger partial charge in [0.1, 0.15) is 0 Å². The summed E-state index contributed by atoms with van der Waals surface area (Å²) < 4.78 is 4.81. The maximum atomic E-state index is 4.81. The first-order valence-electron chi connectivity index (χ1n) is 5.43. The molecule has 0 bridgehead atoms. The Labute approximate surface area is 94.3 Å². The largest absolute Gasteiger partial charge is 0.328 e. The number of nitrogens with zero attached hydrogens (tertiary/aromatic N) is 1. The van der Waals surface area contributed by atoms with Gasteiger partial charge in [-0.15, -0.1) is 0 Å². The summed E-state index contributed by atoms with van der Waals surface area (Å²) in [5.74, 6) is 0. The van der Waals surface area contributed by atoms with Crippen molar-refractivity contribution >= 4 is 14.5 Å². The molecule has 0 aliphatic rings. The highest BCUT2D eigenvalue weighted by atomic mass is 28.3. The van der Waals surface area contributed by atoms with Crippen LogP contribution in [0.4, 0.5) is 0 Å². The van der Waals surface area contributed by atoms with Crippen molar-refractivity contribution in [3.05, 3.63) is 35.9 Å². The zero-order chi connectivity index (χ0) is 11.5. The molecule has 1 aromatic rings. The minimum absolute atomic E-state index is 0.318. The third kappa shape index (κ3) is 3.31. The van der Waals surface area contributed by atoms with Gasteiger partial charge in [-0.3, -0.25) is 0 Å². The van der Waals surface area contributed by atoms with Gasteiger partial charge in [0.05, 0.1) is 0 Å². The Morgan fingerprint density at radius 1 is 1.07 bits per heavy atom. The molecule has 0 amide bonds. The lowest BCUT2D eigenvalue weighted by molar-refractivity contribution is 0.719. The lowest BCUT2D eigenvalue weighted by Crippen LogP contribution is -2.35. The quantitative estimate of drug-likeness (QED) is 0.524. The van der Waals surface area contributed by atoms with Gasteiger partial charge in [0, 0.05) is 6.21 Å². The molecule has 15 heavy (non-hydrogen) atoms. The van der Waals surface area contributed by atoms with Crippen molar-refractivity contribution in [3.8, 4) is 0 Å². The second-order valence-electron chi connectivity index (χ2n) is 5.48. The summed E-state index contributed by atoms with van der Waals surface area (Å²) in [6.07, 6.45) is 2.03. The van der Waals surface area contributed by atoms with Gasteiger partial charge in [-0.1, -0.05) is 51.1 Å². The molecule has 1 nitrogen and oxygen atoms in total. The van der Waals surface area contributed by atoms with Crippen LogP contribution in [0.2, 0.25) is 18.1 Å². The Bertz CT molecular complexity index is 333. The molecular formula is C13H21NSi. The Kier molecular flexibility index (Phi) is 3.50. The summed E-state index contributed by atoms with van der Waals surface area (Å²) >= 11 is 0. The molecule has 0 aromatic heterocycles. The van der Waals surface area contributed by atoms with Gasteiger partial charge in [0.25, 0.3) is 0 Å². The van der Waals surface area contributed by atoms with E-state index in [1.807, 2.05) is 24.4 Å². The van der Waals surface area contributed by atoms with Gasteiger partial charge in [0.2, 0.25) is 0 Å². The van der Waals surface area contributed by atoms with Crippen molar-refractivity contribution in [1.82, 2.24) is 0 Å². The zero-order valence-electron chi connectivity index (χ0n) is 10.4. The van der Waals surface area contributed by atoms with E-state index in [0.717, 1.165) is 0 Å². The van der Waals surface area contributed by atoms with E-state index < -0.39 is 8.24 Å². The molecule has 0 fully saturated rings. The highest BCUT2D eigenvalue weighted by Gasteiger charge is 2.34. The van der Waals surface area contributed by atoms with Gasteiger partial charge in [-0.25, -0.2) is 0 Å². The third-order valence-electron chi connectivity index (χ3n) is 3.17. The molecule has 0 N–H and O–H groups in total. The predicted molar refractivity (Wildman–Crippen MR) is 71.2 cm³/mol. The SMILES string of the molecule is CC(C)(C)[Si](C)(C)/N=C/c1ccccc1. The molecule has 1 rings (SSSR count). The number of hydrogen-bond acceptors (Lipinski definition) is 1. The zero-order valence-corrected chi connectivity index (χ0v) is 11.4.